The highest BCUT2D eigenvalue weighted by atomic mass is 16.5. The van der Waals surface area contributed by atoms with Crippen LogP contribution in [-0.2, 0) is 17.8 Å². The normalized spacial score (nSPS) is 10.9. The van der Waals surface area contributed by atoms with Gasteiger partial charge < -0.3 is 9.84 Å². The lowest BCUT2D eigenvalue weighted by molar-refractivity contribution is -0.121. The molecule has 1 amide bonds. The Morgan fingerprint density at radius 2 is 2.10 bits per heavy atom. The van der Waals surface area contributed by atoms with Gasteiger partial charge in [-0.2, -0.15) is 10.1 Å². The minimum absolute atomic E-state index is 0.0984. The van der Waals surface area contributed by atoms with Crippen molar-refractivity contribution in [3.63, 3.8) is 0 Å². The molecule has 1 N–H and O–H groups in total. The fourth-order valence-electron chi connectivity index (χ4n) is 2.99. The molecular weight excluding hydrogens is 382 g/mol. The lowest BCUT2D eigenvalue weighted by Crippen LogP contribution is -2.23. The zero-order valence-corrected chi connectivity index (χ0v) is 16.7. The van der Waals surface area contributed by atoms with Crippen molar-refractivity contribution in [3.8, 4) is 17.2 Å². The van der Waals surface area contributed by atoms with Crippen LogP contribution in [-0.4, -0.2) is 35.8 Å². The molecule has 4 rings (SSSR count). The average Bonchev–Trinajstić information content (AvgIpc) is 3.38. The van der Waals surface area contributed by atoms with Crippen LogP contribution in [0.1, 0.15) is 29.3 Å². The maximum Gasteiger partial charge on any atom is 0.227 e. The zero-order chi connectivity index (χ0) is 20.9. The Balaban J connectivity index is 1.27. The number of carbonyl (C=O) groups excluding carboxylic acids is 1. The molecule has 0 aliphatic carbocycles. The summed E-state index contributed by atoms with van der Waals surface area (Å²) in [6, 6.07) is 9.47. The van der Waals surface area contributed by atoms with E-state index in [0.717, 1.165) is 28.3 Å². The first-order valence-electron chi connectivity index (χ1n) is 9.57. The fourth-order valence-corrected chi connectivity index (χ4v) is 2.99. The molecule has 0 spiro atoms. The molecule has 0 aromatic carbocycles. The van der Waals surface area contributed by atoms with E-state index in [1.807, 2.05) is 38.1 Å². The third-order valence-electron chi connectivity index (χ3n) is 4.48. The van der Waals surface area contributed by atoms with Crippen LogP contribution >= 0.6 is 0 Å². The van der Waals surface area contributed by atoms with Crippen LogP contribution in [0.25, 0.3) is 17.2 Å². The van der Waals surface area contributed by atoms with Gasteiger partial charge in [0.1, 0.15) is 0 Å². The van der Waals surface area contributed by atoms with E-state index in [9.17, 15) is 4.79 Å². The second kappa shape index (κ2) is 8.64. The number of rotatable bonds is 7. The van der Waals surface area contributed by atoms with Crippen LogP contribution < -0.4 is 5.32 Å². The fraction of sp³-hybridized carbons (Fsp3) is 0.238. The minimum Gasteiger partial charge on any atom is -0.352 e. The first kappa shape index (κ1) is 19.4. The summed E-state index contributed by atoms with van der Waals surface area (Å²) in [5.41, 5.74) is 3.65. The van der Waals surface area contributed by atoms with Crippen molar-refractivity contribution in [2.24, 2.45) is 0 Å². The van der Waals surface area contributed by atoms with E-state index in [0.29, 0.717) is 24.7 Å². The van der Waals surface area contributed by atoms with Crippen LogP contribution in [0.15, 0.2) is 53.4 Å². The smallest absolute Gasteiger partial charge is 0.227 e. The van der Waals surface area contributed by atoms with Gasteiger partial charge in [0.05, 0.1) is 5.69 Å². The molecule has 9 nitrogen and oxygen atoms in total. The Bertz CT molecular complexity index is 1130. The van der Waals surface area contributed by atoms with Crippen molar-refractivity contribution in [1.29, 1.82) is 0 Å². The molecule has 30 heavy (non-hydrogen) atoms. The number of nitrogens with zero attached hydrogens (tertiary/aromatic N) is 6. The number of hydrogen-bond donors (Lipinski definition) is 1. The summed E-state index contributed by atoms with van der Waals surface area (Å²) in [5, 5.41) is 11.2. The number of pyridine rings is 2. The van der Waals surface area contributed by atoms with E-state index in [-0.39, 0.29) is 12.3 Å². The highest BCUT2D eigenvalue weighted by Crippen LogP contribution is 2.14. The van der Waals surface area contributed by atoms with Gasteiger partial charge in [-0.05, 0) is 43.7 Å². The van der Waals surface area contributed by atoms with E-state index in [1.54, 1.807) is 29.3 Å². The first-order valence-corrected chi connectivity index (χ1v) is 9.57. The van der Waals surface area contributed by atoms with Gasteiger partial charge in [0, 0.05) is 49.2 Å². The standard InChI is InChI=1S/C21H21N7O2/c1-14-10-15(2)28(26-14)18-6-5-16(11-23-18)12-24-19(29)7-8-20-25-21(27-30-20)17-4-3-9-22-13-17/h3-6,9-11,13H,7-8,12H2,1-2H3,(H,24,29). The van der Waals surface area contributed by atoms with E-state index >= 15 is 0 Å². The van der Waals surface area contributed by atoms with Gasteiger partial charge >= 0.3 is 0 Å². The van der Waals surface area contributed by atoms with Gasteiger partial charge in [-0.15, -0.1) is 0 Å². The number of amides is 1. The largest absolute Gasteiger partial charge is 0.352 e. The van der Waals surface area contributed by atoms with Crippen LogP contribution in [0.2, 0.25) is 0 Å². The topological polar surface area (TPSA) is 112 Å². The third kappa shape index (κ3) is 4.57. The van der Waals surface area contributed by atoms with Crippen molar-refractivity contribution in [1.82, 2.24) is 35.2 Å². The van der Waals surface area contributed by atoms with Gasteiger partial charge in [0.2, 0.25) is 17.6 Å². The maximum absolute atomic E-state index is 12.2. The molecule has 0 saturated carbocycles. The summed E-state index contributed by atoms with van der Waals surface area (Å²) in [6.07, 6.45) is 5.71. The molecule has 0 atom stereocenters. The van der Waals surface area contributed by atoms with Crippen molar-refractivity contribution >= 4 is 5.91 Å². The molecule has 9 heteroatoms. The Hall–Kier alpha value is -3.88. The Kier molecular flexibility index (Phi) is 5.60. The van der Waals surface area contributed by atoms with Crippen LogP contribution in [0.3, 0.4) is 0 Å². The van der Waals surface area contributed by atoms with E-state index in [4.69, 9.17) is 4.52 Å². The summed E-state index contributed by atoms with van der Waals surface area (Å²) in [5.74, 6) is 1.53. The quantitative estimate of drug-likeness (QED) is 0.505. The van der Waals surface area contributed by atoms with Crippen LogP contribution in [0.4, 0.5) is 0 Å². The zero-order valence-electron chi connectivity index (χ0n) is 16.7. The highest BCUT2D eigenvalue weighted by molar-refractivity contribution is 5.76. The SMILES string of the molecule is Cc1cc(C)n(-c2ccc(CNC(=O)CCc3nc(-c4cccnc4)no3)cn2)n1. The summed E-state index contributed by atoms with van der Waals surface area (Å²) in [7, 11) is 0. The van der Waals surface area contributed by atoms with Crippen molar-refractivity contribution in [2.45, 2.75) is 33.2 Å². The van der Waals surface area contributed by atoms with Crippen LogP contribution in [0, 0.1) is 13.8 Å². The molecular formula is C21H21N7O2. The van der Waals surface area contributed by atoms with Gasteiger partial charge in [-0.1, -0.05) is 11.2 Å². The molecule has 0 bridgehead atoms. The van der Waals surface area contributed by atoms with Crippen molar-refractivity contribution in [3.05, 3.63) is 71.8 Å². The van der Waals surface area contributed by atoms with Gasteiger partial charge in [0.15, 0.2) is 5.82 Å². The number of carbonyl (C=O) groups is 1. The lowest BCUT2D eigenvalue weighted by Gasteiger charge is -2.06. The first-order chi connectivity index (χ1) is 14.6. The van der Waals surface area contributed by atoms with Crippen LogP contribution in [0.5, 0.6) is 0 Å². The predicted octanol–water partition coefficient (Wildman–Crippen LogP) is 2.58. The summed E-state index contributed by atoms with van der Waals surface area (Å²) < 4.78 is 7.01. The summed E-state index contributed by atoms with van der Waals surface area (Å²) in [4.78, 5) is 24.9. The monoisotopic (exact) mass is 403 g/mol. The molecule has 0 radical (unpaired) electrons. The Labute approximate surface area is 173 Å². The number of aryl methyl sites for hydroxylation is 3. The minimum atomic E-state index is -0.0984. The molecule has 0 fully saturated rings. The van der Waals surface area contributed by atoms with Gasteiger partial charge in [-0.3, -0.25) is 9.78 Å². The summed E-state index contributed by atoms with van der Waals surface area (Å²) in [6.45, 7) is 4.33. The third-order valence-corrected chi connectivity index (χ3v) is 4.48. The lowest BCUT2D eigenvalue weighted by atomic mass is 10.2. The van der Waals surface area contributed by atoms with E-state index in [2.05, 4.69) is 30.5 Å². The molecule has 0 saturated heterocycles. The Morgan fingerprint density at radius 3 is 2.80 bits per heavy atom. The molecule has 152 valence electrons. The molecule has 0 unspecified atom stereocenters. The molecule has 4 heterocycles. The molecule has 4 aromatic rings. The number of aromatic nitrogens is 6. The molecule has 4 aromatic heterocycles. The van der Waals surface area contributed by atoms with Gasteiger partial charge in [-0.25, -0.2) is 9.67 Å². The van der Waals surface area contributed by atoms with E-state index < -0.39 is 0 Å². The highest BCUT2D eigenvalue weighted by Gasteiger charge is 2.11. The molecule has 0 aliphatic heterocycles. The maximum atomic E-state index is 12.2. The Morgan fingerprint density at radius 1 is 1.20 bits per heavy atom. The second-order valence-corrected chi connectivity index (χ2v) is 6.89. The summed E-state index contributed by atoms with van der Waals surface area (Å²) >= 11 is 0. The predicted molar refractivity (Wildman–Crippen MR) is 109 cm³/mol. The number of hydrogen-bond acceptors (Lipinski definition) is 7. The number of nitrogens with one attached hydrogen (secondary N) is 1. The second-order valence-electron chi connectivity index (χ2n) is 6.89. The van der Waals surface area contributed by atoms with E-state index in [1.165, 1.54) is 0 Å². The molecule has 0 aliphatic rings. The van der Waals surface area contributed by atoms with Gasteiger partial charge in [0.25, 0.3) is 0 Å². The van der Waals surface area contributed by atoms with Crippen molar-refractivity contribution in [2.75, 3.05) is 0 Å². The van der Waals surface area contributed by atoms with Crippen molar-refractivity contribution < 1.29 is 9.32 Å². The average molecular weight is 403 g/mol.